The largest absolute Gasteiger partial charge is 0.484 e. The molecular formula is C19H24N4O2. The highest BCUT2D eigenvalue weighted by atomic mass is 16.5. The number of hydrogen-bond acceptors (Lipinski definition) is 5. The molecule has 0 radical (unpaired) electrons. The lowest BCUT2D eigenvalue weighted by molar-refractivity contribution is -0.123. The summed E-state index contributed by atoms with van der Waals surface area (Å²) in [5.41, 5.74) is 1.92. The van der Waals surface area contributed by atoms with Gasteiger partial charge in [-0.05, 0) is 38.3 Å². The molecule has 0 spiro atoms. The molecule has 0 saturated carbocycles. The Morgan fingerprint density at radius 3 is 2.72 bits per heavy atom. The zero-order chi connectivity index (χ0) is 17.6. The van der Waals surface area contributed by atoms with Crippen molar-refractivity contribution in [3.8, 4) is 5.75 Å². The van der Waals surface area contributed by atoms with Crippen LogP contribution in [0, 0.1) is 13.8 Å². The molecule has 1 amide bonds. The summed E-state index contributed by atoms with van der Waals surface area (Å²) in [7, 11) is 0. The van der Waals surface area contributed by atoms with Crippen LogP contribution in [0.5, 0.6) is 5.75 Å². The van der Waals surface area contributed by atoms with Crippen molar-refractivity contribution < 1.29 is 9.53 Å². The first-order valence-corrected chi connectivity index (χ1v) is 8.66. The van der Waals surface area contributed by atoms with E-state index in [0.29, 0.717) is 12.4 Å². The number of nitrogens with zero attached hydrogens (tertiary/aromatic N) is 3. The molecule has 0 bridgehead atoms. The van der Waals surface area contributed by atoms with Crippen LogP contribution in [0.3, 0.4) is 0 Å². The number of aryl methyl sites for hydroxylation is 2. The van der Waals surface area contributed by atoms with Crippen molar-refractivity contribution in [2.75, 3.05) is 24.6 Å². The Balaban J connectivity index is 1.54. The van der Waals surface area contributed by atoms with Gasteiger partial charge >= 0.3 is 0 Å². The molecule has 2 heterocycles. The molecule has 1 aliphatic rings. The van der Waals surface area contributed by atoms with Crippen molar-refractivity contribution in [2.24, 2.45) is 0 Å². The van der Waals surface area contributed by atoms with Gasteiger partial charge in [-0.2, -0.15) is 0 Å². The summed E-state index contributed by atoms with van der Waals surface area (Å²) < 4.78 is 5.55. The van der Waals surface area contributed by atoms with Crippen LogP contribution in [0.2, 0.25) is 0 Å². The van der Waals surface area contributed by atoms with Crippen molar-refractivity contribution in [3.63, 3.8) is 0 Å². The highest BCUT2D eigenvalue weighted by molar-refractivity contribution is 5.77. The summed E-state index contributed by atoms with van der Waals surface area (Å²) in [4.78, 5) is 23.3. The van der Waals surface area contributed by atoms with Crippen LogP contribution in [0.1, 0.15) is 29.9 Å². The van der Waals surface area contributed by atoms with E-state index in [0.717, 1.165) is 35.9 Å². The molecule has 1 aliphatic heterocycles. The molecule has 0 aliphatic carbocycles. The molecular weight excluding hydrogens is 316 g/mol. The van der Waals surface area contributed by atoms with Crippen LogP contribution in [-0.2, 0) is 11.3 Å². The number of nitrogens with one attached hydrogen (secondary N) is 1. The second kappa shape index (κ2) is 7.96. The van der Waals surface area contributed by atoms with Crippen molar-refractivity contribution in [1.29, 1.82) is 0 Å². The smallest absolute Gasteiger partial charge is 0.258 e. The third-order valence-electron chi connectivity index (χ3n) is 4.21. The number of carbonyl (C=O) groups is 1. The third-order valence-corrected chi connectivity index (χ3v) is 4.21. The fraction of sp³-hybridized carbons (Fsp3) is 0.421. The van der Waals surface area contributed by atoms with E-state index in [1.165, 1.54) is 12.8 Å². The Morgan fingerprint density at radius 1 is 1.20 bits per heavy atom. The van der Waals surface area contributed by atoms with Crippen LogP contribution < -0.4 is 15.0 Å². The first-order chi connectivity index (χ1) is 12.1. The summed E-state index contributed by atoms with van der Waals surface area (Å²) in [5.74, 6) is 2.12. The Morgan fingerprint density at radius 2 is 1.96 bits per heavy atom. The number of hydrogen-bond donors (Lipinski definition) is 1. The van der Waals surface area contributed by atoms with E-state index in [-0.39, 0.29) is 12.5 Å². The van der Waals surface area contributed by atoms with Gasteiger partial charge in [0.25, 0.3) is 5.91 Å². The van der Waals surface area contributed by atoms with Gasteiger partial charge < -0.3 is 15.0 Å². The molecule has 1 fully saturated rings. The highest BCUT2D eigenvalue weighted by Gasteiger charge is 2.15. The molecule has 1 saturated heterocycles. The van der Waals surface area contributed by atoms with Gasteiger partial charge in [0.1, 0.15) is 17.4 Å². The molecule has 25 heavy (non-hydrogen) atoms. The van der Waals surface area contributed by atoms with Crippen LogP contribution in [-0.4, -0.2) is 35.6 Å². The zero-order valence-electron chi connectivity index (χ0n) is 14.8. The maximum absolute atomic E-state index is 12.0. The lowest BCUT2D eigenvalue weighted by Crippen LogP contribution is -2.29. The minimum absolute atomic E-state index is 0.0182. The lowest BCUT2D eigenvalue weighted by Gasteiger charge is -2.17. The third kappa shape index (κ3) is 4.68. The zero-order valence-corrected chi connectivity index (χ0v) is 14.8. The van der Waals surface area contributed by atoms with E-state index in [1.54, 1.807) is 0 Å². The fourth-order valence-electron chi connectivity index (χ4n) is 2.89. The molecule has 1 aromatic carbocycles. The minimum atomic E-state index is -0.184. The van der Waals surface area contributed by atoms with Gasteiger partial charge in [-0.15, -0.1) is 0 Å². The standard InChI is InChI=1S/C19H24N4O2/c1-14-7-3-4-8-16(14)25-13-19(24)20-12-17-21-15(2)11-18(22-17)23-9-5-6-10-23/h3-4,7-8,11H,5-6,9-10,12-13H2,1-2H3,(H,20,24). The van der Waals surface area contributed by atoms with E-state index in [9.17, 15) is 4.79 Å². The quantitative estimate of drug-likeness (QED) is 0.874. The SMILES string of the molecule is Cc1cc(N2CCCC2)nc(CNC(=O)COc2ccccc2C)n1. The molecule has 0 atom stereocenters. The van der Waals surface area contributed by atoms with Crippen LogP contribution in [0.25, 0.3) is 0 Å². The van der Waals surface area contributed by atoms with Crippen molar-refractivity contribution >= 4 is 11.7 Å². The Hall–Kier alpha value is -2.63. The number of benzene rings is 1. The first-order valence-electron chi connectivity index (χ1n) is 8.66. The van der Waals surface area contributed by atoms with Gasteiger partial charge in [0.15, 0.2) is 6.61 Å². The normalized spacial score (nSPS) is 13.8. The van der Waals surface area contributed by atoms with Crippen molar-refractivity contribution in [1.82, 2.24) is 15.3 Å². The Kier molecular flexibility index (Phi) is 5.48. The Bertz CT molecular complexity index is 742. The van der Waals surface area contributed by atoms with Gasteiger partial charge in [0.05, 0.1) is 6.54 Å². The predicted octanol–water partition coefficient (Wildman–Crippen LogP) is 2.39. The monoisotopic (exact) mass is 340 g/mol. The van der Waals surface area contributed by atoms with Gasteiger partial charge in [0.2, 0.25) is 0 Å². The molecule has 1 aromatic heterocycles. The van der Waals surface area contributed by atoms with Gasteiger partial charge in [-0.25, -0.2) is 9.97 Å². The number of ether oxygens (including phenoxy) is 1. The van der Waals surface area contributed by atoms with Crippen LogP contribution in [0.15, 0.2) is 30.3 Å². The van der Waals surface area contributed by atoms with E-state index >= 15 is 0 Å². The highest BCUT2D eigenvalue weighted by Crippen LogP contribution is 2.18. The lowest BCUT2D eigenvalue weighted by atomic mass is 10.2. The summed E-state index contributed by atoms with van der Waals surface area (Å²) in [6.07, 6.45) is 2.40. The second-order valence-corrected chi connectivity index (χ2v) is 6.31. The van der Waals surface area contributed by atoms with Crippen LogP contribution in [0.4, 0.5) is 5.82 Å². The average Bonchev–Trinajstić information content (AvgIpc) is 3.13. The summed E-state index contributed by atoms with van der Waals surface area (Å²) >= 11 is 0. The first kappa shape index (κ1) is 17.2. The number of carbonyl (C=O) groups excluding carboxylic acids is 1. The second-order valence-electron chi connectivity index (χ2n) is 6.31. The van der Waals surface area contributed by atoms with E-state index in [2.05, 4.69) is 20.2 Å². The molecule has 6 heteroatoms. The fourth-order valence-corrected chi connectivity index (χ4v) is 2.89. The van der Waals surface area contributed by atoms with Crippen molar-refractivity contribution in [2.45, 2.75) is 33.2 Å². The van der Waals surface area contributed by atoms with E-state index in [4.69, 9.17) is 4.74 Å². The molecule has 2 aromatic rings. The maximum Gasteiger partial charge on any atom is 0.258 e. The summed E-state index contributed by atoms with van der Waals surface area (Å²) in [5, 5.41) is 2.83. The molecule has 0 unspecified atom stereocenters. The maximum atomic E-state index is 12.0. The average molecular weight is 340 g/mol. The molecule has 1 N–H and O–H groups in total. The topological polar surface area (TPSA) is 67.4 Å². The number of aromatic nitrogens is 2. The van der Waals surface area contributed by atoms with Gasteiger partial charge in [0, 0.05) is 24.8 Å². The van der Waals surface area contributed by atoms with Gasteiger partial charge in [-0.1, -0.05) is 18.2 Å². The van der Waals surface area contributed by atoms with E-state index < -0.39 is 0 Å². The predicted molar refractivity (Wildman–Crippen MR) is 96.7 cm³/mol. The molecule has 132 valence electrons. The number of anilines is 1. The summed E-state index contributed by atoms with van der Waals surface area (Å²) in [6, 6.07) is 9.64. The summed E-state index contributed by atoms with van der Waals surface area (Å²) in [6.45, 7) is 6.26. The minimum Gasteiger partial charge on any atom is -0.484 e. The molecule has 3 rings (SSSR count). The number of rotatable bonds is 6. The van der Waals surface area contributed by atoms with Crippen molar-refractivity contribution in [3.05, 3.63) is 47.4 Å². The number of amides is 1. The number of para-hydroxylation sites is 1. The van der Waals surface area contributed by atoms with Crippen LogP contribution >= 0.6 is 0 Å². The van der Waals surface area contributed by atoms with E-state index in [1.807, 2.05) is 44.2 Å². The Labute approximate surface area is 148 Å². The molecule has 6 nitrogen and oxygen atoms in total. The van der Waals surface area contributed by atoms with Gasteiger partial charge in [-0.3, -0.25) is 4.79 Å².